The summed E-state index contributed by atoms with van der Waals surface area (Å²) in [5.74, 6) is 0.00337. The molecule has 6 nitrogen and oxygen atoms in total. The first kappa shape index (κ1) is 19.5. The first-order valence-corrected chi connectivity index (χ1v) is 9.16. The Balaban J connectivity index is 3.58. The average molecular weight is 322 g/mol. The van der Waals surface area contributed by atoms with Gasteiger partial charge in [-0.3, -0.25) is 4.79 Å². The first-order valence-electron chi connectivity index (χ1n) is 6.60. The van der Waals surface area contributed by atoms with Gasteiger partial charge in [0, 0.05) is 20.6 Å². The molecule has 0 aliphatic rings. The minimum atomic E-state index is -2.68. The van der Waals surface area contributed by atoms with Crippen LogP contribution in [0.25, 0.3) is 0 Å². The molecule has 8 heteroatoms. The maximum absolute atomic E-state index is 10.6. The summed E-state index contributed by atoms with van der Waals surface area (Å²) in [6, 6.07) is 1.97. The van der Waals surface area contributed by atoms with E-state index >= 15 is 0 Å². The lowest BCUT2D eigenvalue weighted by molar-refractivity contribution is -0.118. The van der Waals surface area contributed by atoms with Gasteiger partial charge in [-0.05, 0) is 24.6 Å². The fourth-order valence-electron chi connectivity index (χ4n) is 1.37. The third kappa shape index (κ3) is 11.3. The summed E-state index contributed by atoms with van der Waals surface area (Å²) in [7, 11) is 1.46. The van der Waals surface area contributed by atoms with Crippen molar-refractivity contribution in [3.63, 3.8) is 0 Å². The fourth-order valence-corrected chi connectivity index (χ4v) is 2.77. The monoisotopic (exact) mass is 322 g/mol. The summed E-state index contributed by atoms with van der Waals surface area (Å²) in [6.07, 6.45) is 4.11. The number of hydrogen-bond acceptors (Lipinski definition) is 6. The molecule has 1 N–H and O–H groups in total. The lowest BCUT2D eigenvalue weighted by Crippen LogP contribution is -2.20. The molecule has 0 aromatic heterocycles. The highest BCUT2D eigenvalue weighted by molar-refractivity contribution is 8.07. The van der Waals surface area contributed by atoms with Crippen LogP contribution in [0.15, 0.2) is 0 Å². The van der Waals surface area contributed by atoms with Gasteiger partial charge in [-0.1, -0.05) is 12.8 Å². The molecular weight excluding hydrogens is 299 g/mol. The molecule has 0 saturated heterocycles. The molecule has 0 fully saturated rings. The van der Waals surface area contributed by atoms with Gasteiger partial charge >= 0.3 is 6.72 Å². The molecule has 0 saturated carbocycles. The Kier molecular flexibility index (Phi) is 11.9. The van der Waals surface area contributed by atoms with Crippen molar-refractivity contribution in [3.8, 4) is 6.07 Å². The maximum Gasteiger partial charge on any atom is 0.326 e. The van der Waals surface area contributed by atoms with E-state index in [9.17, 15) is 4.79 Å². The van der Waals surface area contributed by atoms with E-state index in [1.807, 2.05) is 6.07 Å². The van der Waals surface area contributed by atoms with Crippen molar-refractivity contribution in [1.82, 2.24) is 5.32 Å². The van der Waals surface area contributed by atoms with Gasteiger partial charge in [0.15, 0.2) is 0 Å². The highest BCUT2D eigenvalue weighted by atomic mass is 32.5. The van der Waals surface area contributed by atoms with E-state index in [1.54, 1.807) is 0 Å². The molecule has 1 atom stereocenters. The first-order chi connectivity index (χ1) is 9.54. The lowest BCUT2D eigenvalue weighted by Gasteiger charge is -2.19. The van der Waals surface area contributed by atoms with E-state index < -0.39 is 6.72 Å². The summed E-state index contributed by atoms with van der Waals surface area (Å²) in [5.41, 5.74) is 0. The molecule has 0 aliphatic heterocycles. The van der Waals surface area contributed by atoms with E-state index in [4.69, 9.17) is 30.6 Å². The molecular formula is C12H23N2O4PS. The Labute approximate surface area is 126 Å². The molecule has 0 heterocycles. The van der Waals surface area contributed by atoms with Crippen LogP contribution in [0.5, 0.6) is 0 Å². The fraction of sp³-hybridized carbons (Fsp3) is 0.833. The average Bonchev–Trinajstić information content (AvgIpc) is 2.42. The predicted molar refractivity (Wildman–Crippen MR) is 80.6 cm³/mol. The third-order valence-corrected chi connectivity index (χ3v) is 4.91. The molecule has 20 heavy (non-hydrogen) atoms. The minimum absolute atomic E-state index is 0.00337. The van der Waals surface area contributed by atoms with Gasteiger partial charge in [0.2, 0.25) is 5.91 Å². The van der Waals surface area contributed by atoms with Crippen LogP contribution in [0, 0.1) is 11.3 Å². The van der Waals surface area contributed by atoms with Crippen LogP contribution in [0.2, 0.25) is 0 Å². The molecule has 0 aromatic carbocycles. The molecule has 116 valence electrons. The van der Waals surface area contributed by atoms with Crippen LogP contribution in [-0.4, -0.2) is 32.8 Å². The standard InChI is InChI=1S/C12H23N2O4PS/c1-12(15)14-9-5-3-4-6-10-17-19(20,16-2)18-11-7-8-13/h3-7,9-11H2,1-2H3,(H,14,15). The minimum Gasteiger partial charge on any atom is -0.356 e. The Morgan fingerprint density at radius 3 is 2.50 bits per heavy atom. The van der Waals surface area contributed by atoms with Gasteiger partial charge < -0.3 is 18.9 Å². The normalized spacial score (nSPS) is 13.4. The van der Waals surface area contributed by atoms with Crippen LogP contribution in [0.1, 0.15) is 39.0 Å². The second kappa shape index (κ2) is 12.2. The topological polar surface area (TPSA) is 80.6 Å². The molecule has 0 aliphatic carbocycles. The zero-order chi connectivity index (χ0) is 15.3. The number of hydrogen-bond donors (Lipinski definition) is 1. The number of rotatable bonds is 12. The van der Waals surface area contributed by atoms with Crippen molar-refractivity contribution in [1.29, 1.82) is 5.26 Å². The van der Waals surface area contributed by atoms with Crippen molar-refractivity contribution in [2.45, 2.75) is 39.0 Å². The van der Waals surface area contributed by atoms with E-state index in [2.05, 4.69) is 5.32 Å². The molecule has 0 spiro atoms. The molecule has 0 aromatic rings. The zero-order valence-electron chi connectivity index (χ0n) is 12.1. The second-order valence-corrected chi connectivity index (χ2v) is 7.22. The van der Waals surface area contributed by atoms with Gasteiger partial charge in [-0.2, -0.15) is 5.26 Å². The highest BCUT2D eigenvalue weighted by Crippen LogP contribution is 2.49. The summed E-state index contributed by atoms with van der Waals surface area (Å²) in [6.45, 7) is 0.263. The molecule has 0 radical (unpaired) electrons. The summed E-state index contributed by atoms with van der Waals surface area (Å²) < 4.78 is 15.9. The lowest BCUT2D eigenvalue weighted by atomic mass is 10.2. The smallest absolute Gasteiger partial charge is 0.326 e. The van der Waals surface area contributed by atoms with Crippen molar-refractivity contribution in [2.24, 2.45) is 0 Å². The van der Waals surface area contributed by atoms with Gasteiger partial charge in [0.1, 0.15) is 0 Å². The van der Waals surface area contributed by atoms with Crippen molar-refractivity contribution < 1.29 is 18.4 Å². The largest absolute Gasteiger partial charge is 0.356 e. The van der Waals surface area contributed by atoms with Crippen LogP contribution in [-0.2, 0) is 30.2 Å². The molecule has 0 rings (SSSR count). The van der Waals surface area contributed by atoms with E-state index in [0.29, 0.717) is 13.2 Å². The van der Waals surface area contributed by atoms with E-state index in [0.717, 1.165) is 25.7 Å². The molecule has 0 bridgehead atoms. The van der Waals surface area contributed by atoms with Gasteiger partial charge in [-0.25, -0.2) is 0 Å². The Bertz CT molecular complexity index is 360. The van der Waals surface area contributed by atoms with E-state index in [-0.39, 0.29) is 18.9 Å². The second-order valence-electron chi connectivity index (χ2n) is 4.10. The van der Waals surface area contributed by atoms with Gasteiger partial charge in [-0.15, -0.1) is 0 Å². The number of carbonyl (C=O) groups is 1. The Hall–Kier alpha value is -0.510. The van der Waals surface area contributed by atoms with E-state index in [1.165, 1.54) is 14.0 Å². The number of unbranched alkanes of at least 4 members (excludes halogenated alkanes) is 3. The summed E-state index contributed by atoms with van der Waals surface area (Å²) in [4.78, 5) is 10.6. The summed E-state index contributed by atoms with van der Waals surface area (Å²) in [5, 5.41) is 11.2. The third-order valence-electron chi connectivity index (χ3n) is 2.38. The number of nitriles is 1. The number of nitrogens with zero attached hydrogens (tertiary/aromatic N) is 1. The SMILES string of the molecule is COP(=S)(OCCC#N)OCCCCCCNC(C)=O. The van der Waals surface area contributed by atoms with Crippen LogP contribution >= 0.6 is 6.72 Å². The van der Waals surface area contributed by atoms with Crippen LogP contribution in [0.4, 0.5) is 0 Å². The Morgan fingerprint density at radius 2 is 1.90 bits per heavy atom. The maximum atomic E-state index is 10.6. The molecule has 1 unspecified atom stereocenters. The van der Waals surface area contributed by atoms with Gasteiger partial charge in [0.25, 0.3) is 0 Å². The summed E-state index contributed by atoms with van der Waals surface area (Å²) >= 11 is 5.15. The Morgan fingerprint density at radius 1 is 1.25 bits per heavy atom. The van der Waals surface area contributed by atoms with Crippen molar-refractivity contribution in [3.05, 3.63) is 0 Å². The van der Waals surface area contributed by atoms with Crippen molar-refractivity contribution >= 4 is 24.4 Å². The van der Waals surface area contributed by atoms with Crippen molar-refractivity contribution in [2.75, 3.05) is 26.9 Å². The highest BCUT2D eigenvalue weighted by Gasteiger charge is 2.17. The number of amides is 1. The number of carbonyl (C=O) groups excluding carboxylic acids is 1. The molecule has 1 amide bonds. The zero-order valence-corrected chi connectivity index (χ0v) is 13.8. The number of nitrogens with one attached hydrogen (secondary N) is 1. The van der Waals surface area contributed by atoms with Crippen LogP contribution in [0.3, 0.4) is 0 Å². The van der Waals surface area contributed by atoms with Gasteiger partial charge in [0.05, 0.1) is 25.7 Å². The predicted octanol–water partition coefficient (Wildman–Crippen LogP) is 2.50. The van der Waals surface area contributed by atoms with Crippen LogP contribution < -0.4 is 5.32 Å². The quantitative estimate of drug-likeness (QED) is 0.439.